The van der Waals surface area contributed by atoms with E-state index in [4.69, 9.17) is 4.74 Å². The Bertz CT molecular complexity index is 233. The fourth-order valence-corrected chi connectivity index (χ4v) is 3.81. The van der Waals surface area contributed by atoms with Gasteiger partial charge in [0.05, 0.1) is 13.2 Å². The third-order valence-electron chi connectivity index (χ3n) is 4.42. The summed E-state index contributed by atoms with van der Waals surface area (Å²) >= 11 is 0. The highest BCUT2D eigenvalue weighted by atomic mass is 16.5. The third kappa shape index (κ3) is 1.09. The predicted molar refractivity (Wildman–Crippen MR) is 53.1 cm³/mol. The van der Waals surface area contributed by atoms with Crippen LogP contribution in [0.15, 0.2) is 0 Å². The van der Waals surface area contributed by atoms with Gasteiger partial charge in [0.15, 0.2) is 0 Å². The molecule has 0 aromatic carbocycles. The van der Waals surface area contributed by atoms with E-state index in [1.54, 1.807) is 0 Å². The first-order chi connectivity index (χ1) is 6.86. The topological polar surface area (TPSA) is 32.7 Å². The molecule has 0 spiro atoms. The van der Waals surface area contributed by atoms with Crippen molar-refractivity contribution in [3.63, 3.8) is 0 Å². The number of hydrogen-bond acceptors (Lipinski definition) is 3. The van der Waals surface area contributed by atoms with Gasteiger partial charge in [-0.05, 0) is 38.1 Å². The van der Waals surface area contributed by atoms with Crippen LogP contribution in [0.5, 0.6) is 0 Å². The standard InChI is InChI=1S/C11H19NO2/c13-8-11-3-1-4-12(11)10-2-5-14-7-9(10)6-11/h9-10,13H,1-8H2/t9-,10+,11-/m0/s1. The van der Waals surface area contributed by atoms with Crippen molar-refractivity contribution in [3.8, 4) is 0 Å². The summed E-state index contributed by atoms with van der Waals surface area (Å²) in [6, 6.07) is 0.707. The molecule has 0 radical (unpaired) electrons. The molecule has 3 atom stereocenters. The summed E-state index contributed by atoms with van der Waals surface area (Å²) in [6.07, 6.45) is 4.79. The number of hydrogen-bond donors (Lipinski definition) is 1. The summed E-state index contributed by atoms with van der Waals surface area (Å²) < 4.78 is 5.53. The van der Waals surface area contributed by atoms with Crippen molar-refractivity contribution in [2.45, 2.75) is 37.3 Å². The number of nitrogens with zero attached hydrogens (tertiary/aromatic N) is 1. The van der Waals surface area contributed by atoms with E-state index < -0.39 is 0 Å². The lowest BCUT2D eigenvalue weighted by atomic mass is 9.88. The lowest BCUT2D eigenvalue weighted by molar-refractivity contribution is 0.0143. The maximum Gasteiger partial charge on any atom is 0.0615 e. The van der Waals surface area contributed by atoms with Crippen LogP contribution in [0.4, 0.5) is 0 Å². The van der Waals surface area contributed by atoms with Crippen molar-refractivity contribution < 1.29 is 9.84 Å². The van der Waals surface area contributed by atoms with Crippen molar-refractivity contribution in [3.05, 3.63) is 0 Å². The Labute approximate surface area is 85.0 Å². The van der Waals surface area contributed by atoms with E-state index in [-0.39, 0.29) is 5.54 Å². The first kappa shape index (κ1) is 9.13. The van der Waals surface area contributed by atoms with Gasteiger partial charge in [-0.3, -0.25) is 4.90 Å². The van der Waals surface area contributed by atoms with Crippen LogP contribution in [0, 0.1) is 5.92 Å². The number of fused-ring (bicyclic) bond motifs is 3. The molecular weight excluding hydrogens is 178 g/mol. The van der Waals surface area contributed by atoms with Crippen LogP contribution < -0.4 is 0 Å². The molecule has 3 nitrogen and oxygen atoms in total. The molecule has 3 heterocycles. The van der Waals surface area contributed by atoms with Gasteiger partial charge in [-0.1, -0.05) is 0 Å². The smallest absolute Gasteiger partial charge is 0.0615 e. The zero-order valence-corrected chi connectivity index (χ0v) is 8.61. The molecule has 0 amide bonds. The number of aliphatic hydroxyl groups is 1. The average molecular weight is 197 g/mol. The molecule has 0 aromatic heterocycles. The van der Waals surface area contributed by atoms with E-state index in [0.29, 0.717) is 18.6 Å². The summed E-state index contributed by atoms with van der Waals surface area (Å²) in [6.45, 7) is 3.38. The van der Waals surface area contributed by atoms with Crippen molar-refractivity contribution in [2.75, 3.05) is 26.4 Å². The minimum atomic E-state index is 0.142. The fraction of sp³-hybridized carbons (Fsp3) is 1.00. The largest absolute Gasteiger partial charge is 0.394 e. The SMILES string of the molecule is OC[C@@]12CCCN1[C@@H]1CCOC[C@@H]1C2. The summed E-state index contributed by atoms with van der Waals surface area (Å²) in [5, 5.41) is 9.59. The number of rotatable bonds is 1. The molecule has 0 aliphatic carbocycles. The molecular formula is C11H19NO2. The highest BCUT2D eigenvalue weighted by Gasteiger charge is 2.53. The molecule has 1 N–H and O–H groups in total. The van der Waals surface area contributed by atoms with Crippen LogP contribution in [0.1, 0.15) is 25.7 Å². The van der Waals surface area contributed by atoms with E-state index in [2.05, 4.69) is 4.90 Å². The van der Waals surface area contributed by atoms with Gasteiger partial charge in [0.2, 0.25) is 0 Å². The van der Waals surface area contributed by atoms with Gasteiger partial charge in [-0.25, -0.2) is 0 Å². The van der Waals surface area contributed by atoms with Gasteiger partial charge in [-0.2, -0.15) is 0 Å². The number of aliphatic hydroxyl groups excluding tert-OH is 1. The van der Waals surface area contributed by atoms with Crippen molar-refractivity contribution >= 4 is 0 Å². The Balaban J connectivity index is 1.86. The normalized spacial score (nSPS) is 47.8. The molecule has 0 unspecified atom stereocenters. The second-order valence-electron chi connectivity index (χ2n) is 5.07. The lowest BCUT2D eigenvalue weighted by Crippen LogP contribution is -2.46. The second-order valence-corrected chi connectivity index (χ2v) is 5.07. The van der Waals surface area contributed by atoms with E-state index in [1.807, 2.05) is 0 Å². The van der Waals surface area contributed by atoms with E-state index in [0.717, 1.165) is 19.6 Å². The summed E-state index contributed by atoms with van der Waals surface area (Å²) in [5.41, 5.74) is 0.142. The van der Waals surface area contributed by atoms with Gasteiger partial charge in [0.25, 0.3) is 0 Å². The Kier molecular flexibility index (Phi) is 2.08. The van der Waals surface area contributed by atoms with Crippen LogP contribution >= 0.6 is 0 Å². The Morgan fingerprint density at radius 3 is 3.29 bits per heavy atom. The van der Waals surface area contributed by atoms with Gasteiger partial charge in [0.1, 0.15) is 0 Å². The van der Waals surface area contributed by atoms with Crippen molar-refractivity contribution in [1.82, 2.24) is 4.90 Å². The van der Waals surface area contributed by atoms with Crippen molar-refractivity contribution in [1.29, 1.82) is 0 Å². The van der Waals surface area contributed by atoms with E-state index in [1.165, 1.54) is 25.8 Å². The van der Waals surface area contributed by atoms with Gasteiger partial charge >= 0.3 is 0 Å². The van der Waals surface area contributed by atoms with Gasteiger partial charge < -0.3 is 9.84 Å². The van der Waals surface area contributed by atoms with Crippen molar-refractivity contribution in [2.24, 2.45) is 5.92 Å². The predicted octanol–water partition coefficient (Wildman–Crippen LogP) is 0.622. The van der Waals surface area contributed by atoms with E-state index >= 15 is 0 Å². The molecule has 3 aliphatic rings. The van der Waals surface area contributed by atoms with Gasteiger partial charge in [0, 0.05) is 18.2 Å². The van der Waals surface area contributed by atoms with Crippen LogP contribution in [-0.2, 0) is 4.74 Å². The summed E-state index contributed by atoms with van der Waals surface area (Å²) in [7, 11) is 0. The van der Waals surface area contributed by atoms with Gasteiger partial charge in [-0.15, -0.1) is 0 Å². The zero-order chi connectivity index (χ0) is 9.60. The maximum absolute atomic E-state index is 9.59. The average Bonchev–Trinajstić information content (AvgIpc) is 2.73. The highest BCUT2D eigenvalue weighted by Crippen LogP contribution is 2.47. The fourth-order valence-electron chi connectivity index (χ4n) is 3.81. The molecule has 3 aliphatic heterocycles. The van der Waals surface area contributed by atoms with E-state index in [9.17, 15) is 5.11 Å². The van der Waals surface area contributed by atoms with Crippen LogP contribution in [0.25, 0.3) is 0 Å². The molecule has 14 heavy (non-hydrogen) atoms. The quantitative estimate of drug-likeness (QED) is 0.669. The molecule has 3 saturated heterocycles. The summed E-state index contributed by atoms with van der Waals surface area (Å²) in [5.74, 6) is 0.691. The monoisotopic (exact) mass is 197 g/mol. The minimum absolute atomic E-state index is 0.142. The minimum Gasteiger partial charge on any atom is -0.394 e. The third-order valence-corrected chi connectivity index (χ3v) is 4.42. The molecule has 0 aromatic rings. The molecule has 3 heteroatoms. The molecule has 0 bridgehead atoms. The molecule has 3 fully saturated rings. The first-order valence-electron chi connectivity index (χ1n) is 5.81. The second kappa shape index (κ2) is 3.19. The highest BCUT2D eigenvalue weighted by molar-refractivity contribution is 5.08. The van der Waals surface area contributed by atoms with Crippen LogP contribution in [0.3, 0.4) is 0 Å². The Morgan fingerprint density at radius 1 is 1.50 bits per heavy atom. The Morgan fingerprint density at radius 2 is 2.43 bits per heavy atom. The molecule has 3 rings (SSSR count). The number of ether oxygens (including phenoxy) is 1. The van der Waals surface area contributed by atoms with Crippen LogP contribution in [-0.4, -0.2) is 48.0 Å². The van der Waals surface area contributed by atoms with Crippen LogP contribution in [0.2, 0.25) is 0 Å². The Hall–Kier alpha value is -0.120. The molecule has 80 valence electrons. The lowest BCUT2D eigenvalue weighted by Gasteiger charge is -2.34. The first-order valence-corrected chi connectivity index (χ1v) is 5.81. The summed E-state index contributed by atoms with van der Waals surface area (Å²) in [4.78, 5) is 2.58. The molecule has 0 saturated carbocycles. The maximum atomic E-state index is 9.59. The zero-order valence-electron chi connectivity index (χ0n) is 8.61.